The van der Waals surface area contributed by atoms with Crippen LogP contribution in [-0.4, -0.2) is 76.7 Å². The van der Waals surface area contributed by atoms with E-state index in [0.717, 1.165) is 61.2 Å². The van der Waals surface area contributed by atoms with Crippen molar-refractivity contribution in [1.82, 2.24) is 19.8 Å². The number of nitrogens with one attached hydrogen (secondary N) is 1. The molecule has 7 nitrogen and oxygen atoms in total. The van der Waals surface area contributed by atoms with Crippen molar-refractivity contribution in [3.63, 3.8) is 0 Å². The van der Waals surface area contributed by atoms with Gasteiger partial charge in [0.05, 0.1) is 26.3 Å². The highest BCUT2D eigenvalue weighted by Gasteiger charge is 2.40. The minimum absolute atomic E-state index is 0.0187. The van der Waals surface area contributed by atoms with Gasteiger partial charge in [-0.2, -0.15) is 0 Å². The number of likely N-dealkylation sites (tertiary alicyclic amines) is 2. The van der Waals surface area contributed by atoms with Crippen molar-refractivity contribution in [1.29, 1.82) is 0 Å². The third-order valence-electron chi connectivity index (χ3n) is 7.80. The molecule has 2 aromatic heterocycles. The second-order valence-electron chi connectivity index (χ2n) is 9.70. The zero-order valence-corrected chi connectivity index (χ0v) is 20.3. The number of H-pyrrole nitrogens is 1. The molecule has 2 fully saturated rings. The fourth-order valence-electron chi connectivity index (χ4n) is 5.64. The molecule has 5 rings (SSSR count). The van der Waals surface area contributed by atoms with Crippen LogP contribution < -0.4 is 4.74 Å². The number of methoxy groups -OCH3 is 1. The number of fused-ring (bicyclic) bond motifs is 1. The van der Waals surface area contributed by atoms with Crippen LogP contribution in [0.5, 0.6) is 5.75 Å². The van der Waals surface area contributed by atoms with Gasteiger partial charge in [0, 0.05) is 35.3 Å². The number of hydrogen-bond acceptors (Lipinski definition) is 5. The third kappa shape index (κ3) is 4.52. The summed E-state index contributed by atoms with van der Waals surface area (Å²) in [5.41, 5.74) is 3.49. The van der Waals surface area contributed by atoms with Crippen LogP contribution in [0, 0.1) is 11.7 Å². The first-order valence-electron chi connectivity index (χ1n) is 12.5. The smallest absolute Gasteiger partial charge is 0.237 e. The Kier molecular flexibility index (Phi) is 6.75. The second kappa shape index (κ2) is 9.95. The monoisotopic (exact) mass is 480 g/mol. The minimum Gasteiger partial charge on any atom is -0.496 e. The number of ether oxygens (including phenoxy) is 1. The number of aromatic amines is 1. The molecule has 0 radical (unpaired) electrons. The van der Waals surface area contributed by atoms with Gasteiger partial charge in [-0.25, -0.2) is 9.37 Å². The first kappa shape index (κ1) is 23.8. The van der Waals surface area contributed by atoms with Crippen LogP contribution in [0.4, 0.5) is 4.39 Å². The first-order chi connectivity index (χ1) is 17.0. The van der Waals surface area contributed by atoms with Crippen molar-refractivity contribution in [2.45, 2.75) is 38.1 Å². The van der Waals surface area contributed by atoms with E-state index in [1.54, 1.807) is 19.4 Å². The van der Waals surface area contributed by atoms with Gasteiger partial charge in [0.25, 0.3) is 0 Å². The number of aliphatic hydroxyl groups is 1. The van der Waals surface area contributed by atoms with Crippen molar-refractivity contribution in [3.8, 4) is 16.9 Å². The molecule has 8 heteroatoms. The maximum Gasteiger partial charge on any atom is 0.237 e. The Balaban J connectivity index is 1.27. The Morgan fingerprint density at radius 2 is 2.03 bits per heavy atom. The normalized spacial score (nSPS) is 21.3. The zero-order valence-electron chi connectivity index (χ0n) is 20.3. The molecule has 4 heterocycles. The van der Waals surface area contributed by atoms with Crippen molar-refractivity contribution < 1.29 is 19.0 Å². The number of piperidine rings is 1. The van der Waals surface area contributed by atoms with Gasteiger partial charge in [0.15, 0.2) is 0 Å². The average molecular weight is 481 g/mol. The summed E-state index contributed by atoms with van der Waals surface area (Å²) in [7, 11) is 1.59. The summed E-state index contributed by atoms with van der Waals surface area (Å²) in [5.74, 6) is 1.20. The SMILES string of the molecule is CC[C@@H]1CN(C(=O)CN2CCC(c3cc4c(-c5cc(F)ccc5OC)ccnc4[nH]3)CC2)[C@@H]1CO. The zero-order chi connectivity index (χ0) is 24.5. The number of pyridine rings is 1. The summed E-state index contributed by atoms with van der Waals surface area (Å²) in [4.78, 5) is 24.8. The van der Waals surface area contributed by atoms with Crippen LogP contribution in [0.2, 0.25) is 0 Å². The van der Waals surface area contributed by atoms with E-state index in [0.29, 0.717) is 29.7 Å². The lowest BCUT2D eigenvalue weighted by Gasteiger charge is -2.48. The highest BCUT2D eigenvalue weighted by Crippen LogP contribution is 2.37. The van der Waals surface area contributed by atoms with Crippen LogP contribution in [0.1, 0.15) is 37.8 Å². The fraction of sp³-hybridized carbons (Fsp3) is 0.481. The van der Waals surface area contributed by atoms with Gasteiger partial charge >= 0.3 is 0 Å². The topological polar surface area (TPSA) is 81.7 Å². The van der Waals surface area contributed by atoms with Crippen LogP contribution in [0.15, 0.2) is 36.5 Å². The minimum atomic E-state index is -0.308. The lowest BCUT2D eigenvalue weighted by atomic mass is 9.86. The van der Waals surface area contributed by atoms with Gasteiger partial charge in [-0.05, 0) is 74.2 Å². The molecule has 186 valence electrons. The highest BCUT2D eigenvalue weighted by molar-refractivity contribution is 5.95. The molecule has 0 aliphatic carbocycles. The van der Waals surface area contributed by atoms with E-state index in [-0.39, 0.29) is 24.4 Å². The number of aliphatic hydroxyl groups excluding tert-OH is 1. The van der Waals surface area contributed by atoms with E-state index in [9.17, 15) is 14.3 Å². The Morgan fingerprint density at radius 3 is 2.74 bits per heavy atom. The Hall–Kier alpha value is -2.97. The molecule has 2 aliphatic rings. The van der Waals surface area contributed by atoms with Crippen LogP contribution >= 0.6 is 0 Å². The molecular formula is C27H33FN4O3. The Morgan fingerprint density at radius 1 is 1.23 bits per heavy atom. The number of aromatic nitrogens is 2. The molecule has 0 bridgehead atoms. The summed E-state index contributed by atoms with van der Waals surface area (Å²) < 4.78 is 19.5. The molecule has 35 heavy (non-hydrogen) atoms. The number of nitrogens with zero attached hydrogens (tertiary/aromatic N) is 3. The van der Waals surface area contributed by atoms with E-state index in [4.69, 9.17) is 4.74 Å². The standard InChI is InChI=1S/C27H33FN4O3/c1-3-17-14-32(24(17)16-33)26(34)15-31-10-7-18(8-11-31)23-13-22-20(6-9-29-27(22)30-23)21-12-19(28)4-5-25(21)35-2/h4-6,9,12-13,17-18,24,33H,3,7-8,10-11,14-16H2,1-2H3,(H,29,30)/t17-,24-/m1/s1. The molecule has 0 unspecified atom stereocenters. The molecule has 3 aromatic rings. The van der Waals surface area contributed by atoms with Crippen molar-refractivity contribution in [3.05, 3.63) is 48.0 Å². The van der Waals surface area contributed by atoms with Crippen molar-refractivity contribution >= 4 is 16.9 Å². The lowest BCUT2D eigenvalue weighted by molar-refractivity contribution is -0.147. The van der Waals surface area contributed by atoms with E-state index in [2.05, 4.69) is 27.9 Å². The molecular weight excluding hydrogens is 447 g/mol. The largest absolute Gasteiger partial charge is 0.496 e. The fourth-order valence-corrected chi connectivity index (χ4v) is 5.64. The molecule has 2 saturated heterocycles. The maximum absolute atomic E-state index is 14.0. The summed E-state index contributed by atoms with van der Waals surface area (Å²) >= 11 is 0. The molecule has 1 aromatic carbocycles. The summed E-state index contributed by atoms with van der Waals surface area (Å²) in [6.07, 6.45) is 4.61. The number of rotatable bonds is 7. The molecule has 2 aliphatic heterocycles. The van der Waals surface area contributed by atoms with Gasteiger partial charge in [-0.3, -0.25) is 9.69 Å². The van der Waals surface area contributed by atoms with Crippen LogP contribution in [0.3, 0.4) is 0 Å². The van der Waals surface area contributed by atoms with Gasteiger partial charge < -0.3 is 19.7 Å². The number of carbonyl (C=O) groups is 1. The number of halogens is 1. The van der Waals surface area contributed by atoms with E-state index in [1.165, 1.54) is 12.1 Å². The van der Waals surface area contributed by atoms with E-state index >= 15 is 0 Å². The summed E-state index contributed by atoms with van der Waals surface area (Å²) in [5, 5.41) is 10.6. The highest BCUT2D eigenvalue weighted by atomic mass is 19.1. The van der Waals surface area contributed by atoms with Gasteiger partial charge in [-0.15, -0.1) is 0 Å². The predicted molar refractivity (Wildman–Crippen MR) is 133 cm³/mol. The molecule has 1 amide bonds. The van der Waals surface area contributed by atoms with Gasteiger partial charge in [-0.1, -0.05) is 6.92 Å². The van der Waals surface area contributed by atoms with Crippen LogP contribution in [0.25, 0.3) is 22.2 Å². The summed E-state index contributed by atoms with van der Waals surface area (Å²) in [6, 6.07) is 8.55. The van der Waals surface area contributed by atoms with E-state index in [1.807, 2.05) is 11.0 Å². The first-order valence-corrected chi connectivity index (χ1v) is 12.5. The predicted octanol–water partition coefficient (Wildman–Crippen LogP) is 3.79. The number of amides is 1. The van der Waals surface area contributed by atoms with Gasteiger partial charge in [0.2, 0.25) is 5.91 Å². The number of carbonyl (C=O) groups excluding carboxylic acids is 1. The quantitative estimate of drug-likeness (QED) is 0.538. The van der Waals surface area contributed by atoms with E-state index < -0.39 is 0 Å². The van der Waals surface area contributed by atoms with Crippen molar-refractivity contribution in [2.75, 3.05) is 39.9 Å². The maximum atomic E-state index is 14.0. The average Bonchev–Trinajstić information content (AvgIpc) is 3.29. The molecule has 0 saturated carbocycles. The Labute approximate surface area is 204 Å². The van der Waals surface area contributed by atoms with Gasteiger partial charge in [0.1, 0.15) is 17.2 Å². The van der Waals surface area contributed by atoms with Crippen LogP contribution in [-0.2, 0) is 4.79 Å². The lowest BCUT2D eigenvalue weighted by Crippen LogP contribution is -2.62. The third-order valence-corrected chi connectivity index (χ3v) is 7.80. The summed E-state index contributed by atoms with van der Waals surface area (Å²) in [6.45, 7) is 5.02. The number of benzene rings is 1. The molecule has 2 atom stereocenters. The molecule has 0 spiro atoms. The second-order valence-corrected chi connectivity index (χ2v) is 9.70. The van der Waals surface area contributed by atoms with Crippen molar-refractivity contribution in [2.24, 2.45) is 5.92 Å². The Bertz CT molecular complexity index is 1200. The number of hydrogen-bond donors (Lipinski definition) is 2. The molecule has 2 N–H and O–H groups in total.